The average Bonchev–Trinajstić information content (AvgIpc) is 2.59. The van der Waals surface area contributed by atoms with Gasteiger partial charge in [-0.05, 0) is 51.0 Å². The molecule has 3 rings (SSSR count). The number of sulfone groups is 1. The summed E-state index contributed by atoms with van der Waals surface area (Å²) in [6, 6.07) is 12.4. The lowest BCUT2D eigenvalue weighted by atomic mass is 10.1. The van der Waals surface area contributed by atoms with Crippen LogP contribution in [0.1, 0.15) is 15.9 Å². The first kappa shape index (κ1) is 19.4. The quantitative estimate of drug-likeness (QED) is 0.588. The molecule has 0 aromatic heterocycles. The number of carboxylic acids is 1. The van der Waals surface area contributed by atoms with Gasteiger partial charge < -0.3 is 5.11 Å². The standard InChI is InChI=1S/C18H10BrF3O4S/c19-13-7-8-14(16(18(20,21)22)15(13)17(23)24)27(25,26)12-6-5-10-3-1-2-4-11(10)9-12/h1-9H,(H,23,24). The van der Waals surface area contributed by atoms with E-state index in [0.29, 0.717) is 5.39 Å². The fourth-order valence-corrected chi connectivity index (χ4v) is 4.75. The van der Waals surface area contributed by atoms with E-state index in [2.05, 4.69) is 15.9 Å². The highest BCUT2D eigenvalue weighted by atomic mass is 79.9. The third-order valence-corrected chi connectivity index (χ3v) is 6.39. The highest BCUT2D eigenvalue weighted by Gasteiger charge is 2.42. The van der Waals surface area contributed by atoms with Crippen molar-refractivity contribution < 1.29 is 31.5 Å². The van der Waals surface area contributed by atoms with Gasteiger partial charge in [-0.3, -0.25) is 0 Å². The molecule has 140 valence electrons. The average molecular weight is 459 g/mol. The zero-order valence-electron chi connectivity index (χ0n) is 13.3. The molecule has 0 fully saturated rings. The van der Waals surface area contributed by atoms with E-state index in [1.807, 2.05) is 0 Å². The zero-order chi connectivity index (χ0) is 20.0. The van der Waals surface area contributed by atoms with Crippen molar-refractivity contribution in [2.75, 3.05) is 0 Å². The molecule has 3 aromatic rings. The number of carboxylic acid groups (broad SMARTS) is 1. The fraction of sp³-hybridized carbons (Fsp3) is 0.0556. The molecule has 0 spiro atoms. The second kappa shape index (κ2) is 6.65. The van der Waals surface area contributed by atoms with Gasteiger partial charge in [0.15, 0.2) is 0 Å². The molecule has 1 N–H and O–H groups in total. The van der Waals surface area contributed by atoms with E-state index >= 15 is 0 Å². The van der Waals surface area contributed by atoms with Crippen LogP contribution in [0, 0.1) is 0 Å². The highest BCUT2D eigenvalue weighted by Crippen LogP contribution is 2.41. The Morgan fingerprint density at radius 3 is 2.19 bits per heavy atom. The SMILES string of the molecule is O=C(O)c1c(Br)ccc(S(=O)(=O)c2ccc3ccccc3c2)c1C(F)(F)F. The third kappa shape index (κ3) is 3.44. The largest absolute Gasteiger partial charge is 0.478 e. The number of fused-ring (bicyclic) bond motifs is 1. The van der Waals surface area contributed by atoms with Crippen molar-refractivity contribution in [3.63, 3.8) is 0 Å². The molecule has 0 amide bonds. The Bertz CT molecular complexity index is 1170. The predicted octanol–water partition coefficient (Wildman–Crippen LogP) is 5.15. The van der Waals surface area contributed by atoms with Crippen LogP contribution in [0.5, 0.6) is 0 Å². The van der Waals surface area contributed by atoms with Gasteiger partial charge in [-0.1, -0.05) is 30.3 Å². The monoisotopic (exact) mass is 458 g/mol. The Labute approximate surface area is 160 Å². The number of hydrogen-bond acceptors (Lipinski definition) is 3. The molecule has 0 bridgehead atoms. The van der Waals surface area contributed by atoms with Crippen LogP contribution < -0.4 is 0 Å². The van der Waals surface area contributed by atoms with E-state index in [9.17, 15) is 31.5 Å². The van der Waals surface area contributed by atoms with E-state index in [4.69, 9.17) is 0 Å². The van der Waals surface area contributed by atoms with Crippen LogP contribution in [-0.4, -0.2) is 19.5 Å². The molecule has 0 unspecified atom stereocenters. The molecule has 0 saturated carbocycles. The van der Waals surface area contributed by atoms with Crippen LogP contribution in [0.25, 0.3) is 10.8 Å². The molecule has 0 aliphatic heterocycles. The van der Waals surface area contributed by atoms with Gasteiger partial charge in [0.1, 0.15) is 0 Å². The number of aromatic carboxylic acids is 1. The molecule has 0 aliphatic carbocycles. The Morgan fingerprint density at radius 2 is 1.59 bits per heavy atom. The highest BCUT2D eigenvalue weighted by molar-refractivity contribution is 9.10. The first-order valence-electron chi connectivity index (χ1n) is 7.40. The Balaban J connectivity index is 2.34. The summed E-state index contributed by atoms with van der Waals surface area (Å²) in [6.45, 7) is 0. The van der Waals surface area contributed by atoms with Crippen LogP contribution in [0.4, 0.5) is 13.2 Å². The van der Waals surface area contributed by atoms with Crippen molar-refractivity contribution in [2.24, 2.45) is 0 Å². The summed E-state index contributed by atoms with van der Waals surface area (Å²) in [4.78, 5) is 9.89. The van der Waals surface area contributed by atoms with Crippen molar-refractivity contribution in [2.45, 2.75) is 16.0 Å². The minimum Gasteiger partial charge on any atom is -0.478 e. The summed E-state index contributed by atoms with van der Waals surface area (Å²) in [7, 11) is -4.62. The molecule has 27 heavy (non-hydrogen) atoms. The van der Waals surface area contributed by atoms with E-state index in [1.54, 1.807) is 24.3 Å². The molecule has 0 atom stereocenters. The van der Waals surface area contributed by atoms with Gasteiger partial charge in [-0.2, -0.15) is 13.2 Å². The Kier molecular flexibility index (Phi) is 4.77. The van der Waals surface area contributed by atoms with E-state index in [-0.39, 0.29) is 9.37 Å². The molecule has 4 nitrogen and oxygen atoms in total. The topological polar surface area (TPSA) is 71.4 Å². The summed E-state index contributed by atoms with van der Waals surface area (Å²) in [5.41, 5.74) is -2.86. The number of hydrogen-bond donors (Lipinski definition) is 1. The van der Waals surface area contributed by atoms with E-state index in [0.717, 1.165) is 17.5 Å². The number of benzene rings is 3. The smallest absolute Gasteiger partial charge is 0.418 e. The molecule has 9 heteroatoms. The summed E-state index contributed by atoms with van der Waals surface area (Å²) in [5, 5.41) is 10.4. The molecular weight excluding hydrogens is 449 g/mol. The minimum atomic E-state index is -5.18. The maximum absolute atomic E-state index is 13.6. The fourth-order valence-electron chi connectivity index (χ4n) is 2.73. The lowest BCUT2D eigenvalue weighted by molar-refractivity contribution is -0.140. The van der Waals surface area contributed by atoms with Crippen molar-refractivity contribution >= 4 is 42.5 Å². The second-order valence-corrected chi connectivity index (χ2v) is 8.38. The number of alkyl halides is 3. The minimum absolute atomic E-state index is 0.356. The first-order valence-corrected chi connectivity index (χ1v) is 9.68. The molecular formula is C18H10BrF3O4S. The van der Waals surface area contributed by atoms with Crippen LogP contribution in [0.2, 0.25) is 0 Å². The van der Waals surface area contributed by atoms with Crippen LogP contribution >= 0.6 is 15.9 Å². The zero-order valence-corrected chi connectivity index (χ0v) is 15.7. The van der Waals surface area contributed by atoms with Gasteiger partial charge in [0.05, 0.1) is 20.9 Å². The summed E-state index contributed by atoms with van der Waals surface area (Å²) in [5.74, 6) is -1.88. The second-order valence-electron chi connectivity index (χ2n) is 5.61. The Hall–Kier alpha value is -2.39. The van der Waals surface area contributed by atoms with Crippen molar-refractivity contribution in [3.8, 4) is 0 Å². The van der Waals surface area contributed by atoms with Crippen LogP contribution in [-0.2, 0) is 16.0 Å². The number of carbonyl (C=O) groups is 1. The van der Waals surface area contributed by atoms with Crippen molar-refractivity contribution in [1.29, 1.82) is 0 Å². The molecule has 3 aromatic carbocycles. The van der Waals surface area contributed by atoms with Gasteiger partial charge >= 0.3 is 12.1 Å². The van der Waals surface area contributed by atoms with Gasteiger partial charge in [0.25, 0.3) is 0 Å². The van der Waals surface area contributed by atoms with Crippen molar-refractivity contribution in [1.82, 2.24) is 0 Å². The molecule has 0 heterocycles. The maximum atomic E-state index is 13.6. The molecule has 0 saturated heterocycles. The number of rotatable bonds is 3. The first-order chi connectivity index (χ1) is 12.5. The summed E-state index contributed by atoms with van der Waals surface area (Å²) < 4.78 is 66.3. The van der Waals surface area contributed by atoms with Crippen molar-refractivity contribution in [3.05, 3.63) is 70.2 Å². The number of halogens is 4. The summed E-state index contributed by atoms with van der Waals surface area (Å²) in [6.07, 6.45) is -5.18. The van der Waals surface area contributed by atoms with Crippen LogP contribution in [0.3, 0.4) is 0 Å². The molecule has 0 radical (unpaired) electrons. The normalized spacial score (nSPS) is 12.3. The van der Waals surface area contributed by atoms with Gasteiger partial charge in [-0.25, -0.2) is 13.2 Å². The lowest BCUT2D eigenvalue weighted by Crippen LogP contribution is -2.19. The van der Waals surface area contributed by atoms with Gasteiger partial charge in [0.2, 0.25) is 9.84 Å². The predicted molar refractivity (Wildman–Crippen MR) is 95.5 cm³/mol. The molecule has 0 aliphatic rings. The lowest BCUT2D eigenvalue weighted by Gasteiger charge is -2.17. The van der Waals surface area contributed by atoms with Gasteiger partial charge in [-0.15, -0.1) is 0 Å². The van der Waals surface area contributed by atoms with E-state index < -0.39 is 38.0 Å². The van der Waals surface area contributed by atoms with E-state index in [1.165, 1.54) is 18.2 Å². The third-order valence-electron chi connectivity index (χ3n) is 3.93. The summed E-state index contributed by atoms with van der Waals surface area (Å²) >= 11 is 2.75. The Morgan fingerprint density at radius 1 is 0.963 bits per heavy atom. The van der Waals surface area contributed by atoms with Gasteiger partial charge in [0, 0.05) is 4.47 Å². The maximum Gasteiger partial charge on any atom is 0.418 e. The van der Waals surface area contributed by atoms with Crippen LogP contribution in [0.15, 0.2) is 68.9 Å².